The van der Waals surface area contributed by atoms with Crippen LogP contribution in [0.1, 0.15) is 25.3 Å². The highest BCUT2D eigenvalue weighted by Gasteiger charge is 2.27. The zero-order valence-corrected chi connectivity index (χ0v) is 14.6. The van der Waals surface area contributed by atoms with Crippen molar-refractivity contribution >= 4 is 18.3 Å². The molecule has 2 rings (SSSR count). The molecule has 1 heterocycles. The Kier molecular flexibility index (Phi) is 8.37. The van der Waals surface area contributed by atoms with Crippen LogP contribution >= 0.6 is 12.4 Å². The van der Waals surface area contributed by atoms with Gasteiger partial charge in [-0.2, -0.15) is 0 Å². The molecule has 2 unspecified atom stereocenters. The van der Waals surface area contributed by atoms with Crippen LogP contribution in [-0.4, -0.2) is 37.8 Å². The molecule has 0 aliphatic carbocycles. The fourth-order valence-corrected chi connectivity index (χ4v) is 2.60. The molecule has 5 nitrogen and oxygen atoms in total. The topological polar surface area (TPSA) is 73.6 Å². The number of hydrogen-bond donors (Lipinski definition) is 2. The number of halogens is 1. The van der Waals surface area contributed by atoms with E-state index in [1.807, 2.05) is 38.1 Å². The van der Waals surface area contributed by atoms with Crippen molar-refractivity contribution in [1.29, 1.82) is 0 Å². The van der Waals surface area contributed by atoms with E-state index in [0.29, 0.717) is 19.8 Å². The van der Waals surface area contributed by atoms with E-state index in [0.717, 1.165) is 24.2 Å². The molecule has 1 aromatic rings. The van der Waals surface area contributed by atoms with E-state index in [1.54, 1.807) is 0 Å². The van der Waals surface area contributed by atoms with E-state index >= 15 is 0 Å². The van der Waals surface area contributed by atoms with Crippen LogP contribution in [0.5, 0.6) is 5.75 Å². The Morgan fingerprint density at radius 2 is 2.13 bits per heavy atom. The molecule has 130 valence electrons. The number of carbonyl (C=O) groups excluding carboxylic acids is 1. The standard InChI is InChI=1S/C17H26N2O3.ClH/c1-12-4-3-5-15(10-12)22-11-13(2)19-17(20)16(18)14-6-8-21-9-7-14;/h3-5,10,13-14,16H,6-9,11,18H2,1-2H3,(H,19,20);1H. The second kappa shape index (κ2) is 9.75. The number of benzene rings is 1. The van der Waals surface area contributed by atoms with Gasteiger partial charge in [-0.1, -0.05) is 12.1 Å². The van der Waals surface area contributed by atoms with Crippen molar-refractivity contribution in [2.24, 2.45) is 11.7 Å². The van der Waals surface area contributed by atoms with Gasteiger partial charge in [-0.05, 0) is 50.3 Å². The molecule has 0 spiro atoms. The van der Waals surface area contributed by atoms with Crippen molar-refractivity contribution in [3.8, 4) is 5.75 Å². The molecule has 1 aliphatic rings. The second-order valence-corrected chi connectivity index (χ2v) is 6.01. The van der Waals surface area contributed by atoms with Gasteiger partial charge in [0.2, 0.25) is 5.91 Å². The van der Waals surface area contributed by atoms with Gasteiger partial charge in [0, 0.05) is 13.2 Å². The molecule has 1 aromatic carbocycles. The Balaban J connectivity index is 0.00000264. The van der Waals surface area contributed by atoms with Gasteiger partial charge in [0.25, 0.3) is 0 Å². The van der Waals surface area contributed by atoms with Gasteiger partial charge < -0.3 is 20.5 Å². The zero-order valence-electron chi connectivity index (χ0n) is 13.8. The van der Waals surface area contributed by atoms with Gasteiger partial charge >= 0.3 is 0 Å². The summed E-state index contributed by atoms with van der Waals surface area (Å²) in [7, 11) is 0. The van der Waals surface area contributed by atoms with Crippen LogP contribution in [0.25, 0.3) is 0 Å². The molecule has 0 aromatic heterocycles. The first kappa shape index (κ1) is 19.7. The summed E-state index contributed by atoms with van der Waals surface area (Å²) in [6, 6.07) is 7.31. The smallest absolute Gasteiger partial charge is 0.237 e. The summed E-state index contributed by atoms with van der Waals surface area (Å²) in [4.78, 5) is 12.2. The predicted octanol–water partition coefficient (Wildman–Crippen LogP) is 2.05. The quantitative estimate of drug-likeness (QED) is 0.830. The fourth-order valence-electron chi connectivity index (χ4n) is 2.60. The lowest BCUT2D eigenvalue weighted by molar-refractivity contribution is -0.125. The Labute approximate surface area is 144 Å². The minimum Gasteiger partial charge on any atom is -0.491 e. The summed E-state index contributed by atoms with van der Waals surface area (Å²) >= 11 is 0. The highest BCUT2D eigenvalue weighted by Crippen LogP contribution is 2.18. The van der Waals surface area contributed by atoms with Gasteiger partial charge in [0.15, 0.2) is 0 Å². The van der Waals surface area contributed by atoms with Crippen LogP contribution in [0, 0.1) is 12.8 Å². The maximum Gasteiger partial charge on any atom is 0.237 e. The molecule has 2 atom stereocenters. The first-order valence-corrected chi connectivity index (χ1v) is 7.89. The van der Waals surface area contributed by atoms with Crippen molar-refractivity contribution in [2.75, 3.05) is 19.8 Å². The molecule has 23 heavy (non-hydrogen) atoms. The number of ether oxygens (including phenoxy) is 2. The molecule has 0 bridgehead atoms. The number of carbonyl (C=O) groups is 1. The monoisotopic (exact) mass is 342 g/mol. The number of nitrogens with two attached hydrogens (primary N) is 1. The SMILES string of the molecule is Cc1cccc(OCC(C)NC(=O)C(N)C2CCOCC2)c1.Cl. The van der Waals surface area contributed by atoms with E-state index in [-0.39, 0.29) is 30.3 Å². The number of rotatable bonds is 6. The molecule has 6 heteroatoms. The molecule has 0 saturated carbocycles. The van der Waals surface area contributed by atoms with Crippen LogP contribution in [-0.2, 0) is 9.53 Å². The minimum atomic E-state index is -0.467. The van der Waals surface area contributed by atoms with Gasteiger partial charge in [0.05, 0.1) is 12.1 Å². The van der Waals surface area contributed by atoms with Crippen LogP contribution in [0.3, 0.4) is 0 Å². The fraction of sp³-hybridized carbons (Fsp3) is 0.588. The molecule has 1 amide bonds. The molecule has 1 fully saturated rings. The highest BCUT2D eigenvalue weighted by molar-refractivity contribution is 5.85. The molecule has 0 radical (unpaired) electrons. The Morgan fingerprint density at radius 1 is 1.43 bits per heavy atom. The van der Waals surface area contributed by atoms with Crippen molar-refractivity contribution in [2.45, 2.75) is 38.8 Å². The van der Waals surface area contributed by atoms with Crippen LogP contribution < -0.4 is 15.8 Å². The lowest BCUT2D eigenvalue weighted by Crippen LogP contribution is -2.50. The molecular weight excluding hydrogens is 316 g/mol. The van der Waals surface area contributed by atoms with Crippen LogP contribution in [0.15, 0.2) is 24.3 Å². The Hall–Kier alpha value is -1.30. The first-order valence-electron chi connectivity index (χ1n) is 7.89. The van der Waals surface area contributed by atoms with Crippen molar-refractivity contribution < 1.29 is 14.3 Å². The van der Waals surface area contributed by atoms with Gasteiger partial charge in [0.1, 0.15) is 12.4 Å². The van der Waals surface area contributed by atoms with E-state index in [9.17, 15) is 4.79 Å². The third-order valence-electron chi connectivity index (χ3n) is 3.95. The normalized spacial score (nSPS) is 17.7. The number of nitrogens with one attached hydrogen (secondary N) is 1. The highest BCUT2D eigenvalue weighted by atomic mass is 35.5. The first-order chi connectivity index (χ1) is 10.6. The third-order valence-corrected chi connectivity index (χ3v) is 3.95. The minimum absolute atomic E-state index is 0. The Morgan fingerprint density at radius 3 is 2.78 bits per heavy atom. The van der Waals surface area contributed by atoms with E-state index in [2.05, 4.69) is 5.32 Å². The van der Waals surface area contributed by atoms with Crippen molar-refractivity contribution in [3.05, 3.63) is 29.8 Å². The predicted molar refractivity (Wildman–Crippen MR) is 93.0 cm³/mol. The summed E-state index contributed by atoms with van der Waals surface area (Å²) < 4.78 is 11.0. The molecular formula is C17H27ClN2O3. The lowest BCUT2D eigenvalue weighted by atomic mass is 9.92. The van der Waals surface area contributed by atoms with Gasteiger partial charge in [-0.15, -0.1) is 12.4 Å². The maximum atomic E-state index is 12.2. The number of aryl methyl sites for hydroxylation is 1. The van der Waals surface area contributed by atoms with Crippen molar-refractivity contribution in [1.82, 2.24) is 5.32 Å². The average molecular weight is 343 g/mol. The Bertz CT molecular complexity index is 492. The van der Waals surface area contributed by atoms with Crippen molar-refractivity contribution in [3.63, 3.8) is 0 Å². The maximum absolute atomic E-state index is 12.2. The number of hydrogen-bond acceptors (Lipinski definition) is 4. The van der Waals surface area contributed by atoms with Gasteiger partial charge in [-0.25, -0.2) is 0 Å². The summed E-state index contributed by atoms with van der Waals surface area (Å²) in [5.74, 6) is 0.917. The van der Waals surface area contributed by atoms with Crippen LogP contribution in [0.4, 0.5) is 0 Å². The third kappa shape index (κ3) is 6.37. The van der Waals surface area contributed by atoms with E-state index in [1.165, 1.54) is 0 Å². The summed E-state index contributed by atoms with van der Waals surface area (Å²) in [5, 5.41) is 2.93. The van der Waals surface area contributed by atoms with Gasteiger partial charge in [-0.3, -0.25) is 4.79 Å². The molecule has 1 saturated heterocycles. The largest absolute Gasteiger partial charge is 0.491 e. The molecule has 3 N–H and O–H groups in total. The van der Waals surface area contributed by atoms with E-state index < -0.39 is 6.04 Å². The zero-order chi connectivity index (χ0) is 15.9. The van der Waals surface area contributed by atoms with E-state index in [4.69, 9.17) is 15.2 Å². The average Bonchev–Trinajstić information content (AvgIpc) is 2.53. The summed E-state index contributed by atoms with van der Waals surface area (Å²) in [5.41, 5.74) is 7.21. The summed E-state index contributed by atoms with van der Waals surface area (Å²) in [6.07, 6.45) is 1.70. The summed E-state index contributed by atoms with van der Waals surface area (Å²) in [6.45, 7) is 5.75. The number of amides is 1. The lowest BCUT2D eigenvalue weighted by Gasteiger charge is -2.27. The van der Waals surface area contributed by atoms with Crippen LogP contribution in [0.2, 0.25) is 0 Å². The second-order valence-electron chi connectivity index (χ2n) is 6.01. The molecule has 1 aliphatic heterocycles.